The van der Waals surface area contributed by atoms with Crippen LogP contribution in [0.5, 0.6) is 0 Å². The summed E-state index contributed by atoms with van der Waals surface area (Å²) >= 11 is 4.10. The van der Waals surface area contributed by atoms with Gasteiger partial charge in [0.25, 0.3) is 0 Å². The monoisotopic (exact) mass is 470 g/mol. The van der Waals surface area contributed by atoms with Crippen molar-refractivity contribution in [1.29, 1.82) is 0 Å². The minimum atomic E-state index is -1.69. The lowest BCUT2D eigenvalue weighted by Crippen LogP contribution is -2.58. The second kappa shape index (κ2) is 12.0. The van der Waals surface area contributed by atoms with Crippen LogP contribution in [0.25, 0.3) is 0 Å². The van der Waals surface area contributed by atoms with E-state index in [1.54, 1.807) is 0 Å². The molecule has 1 aliphatic heterocycles. The molecule has 0 aliphatic carbocycles. The van der Waals surface area contributed by atoms with Crippen molar-refractivity contribution in [2.24, 2.45) is 0 Å². The van der Waals surface area contributed by atoms with Crippen molar-refractivity contribution in [3.8, 4) is 0 Å². The van der Waals surface area contributed by atoms with Crippen LogP contribution in [0.3, 0.4) is 0 Å². The number of H-pyrrole nitrogens is 1. The van der Waals surface area contributed by atoms with Crippen molar-refractivity contribution < 1.29 is 34.2 Å². The van der Waals surface area contributed by atoms with Gasteiger partial charge in [0.15, 0.2) is 0 Å². The molecule has 3 amide bonds. The first-order chi connectivity index (χ1) is 15.2. The Bertz CT molecular complexity index is 828. The van der Waals surface area contributed by atoms with Crippen LogP contribution >= 0.6 is 12.6 Å². The second-order valence-corrected chi connectivity index (χ2v) is 7.60. The number of carbonyl (C=O) groups excluding carboxylic acids is 3. The Balaban J connectivity index is 2.09. The normalized spacial score (nSPS) is 18.2. The Labute approximate surface area is 188 Å². The summed E-state index contributed by atoms with van der Waals surface area (Å²) in [4.78, 5) is 66.6. The number of aliphatic carboxylic acids is 2. The van der Waals surface area contributed by atoms with Crippen molar-refractivity contribution in [1.82, 2.24) is 31.2 Å². The van der Waals surface area contributed by atoms with E-state index in [1.807, 2.05) is 0 Å². The predicted molar refractivity (Wildman–Crippen MR) is 113 cm³/mol. The molecule has 0 aromatic carbocycles. The molecule has 0 radical (unpaired) electrons. The number of hydrogen-bond acceptors (Lipinski definition) is 8. The number of aromatic amines is 1. The molecule has 0 spiro atoms. The molecule has 14 heteroatoms. The van der Waals surface area contributed by atoms with E-state index in [-0.39, 0.29) is 18.1 Å². The molecule has 1 saturated heterocycles. The maximum atomic E-state index is 12.8. The van der Waals surface area contributed by atoms with E-state index in [0.29, 0.717) is 18.7 Å². The Morgan fingerprint density at radius 2 is 1.78 bits per heavy atom. The van der Waals surface area contributed by atoms with E-state index >= 15 is 0 Å². The number of carboxylic acid groups (broad SMARTS) is 2. The molecule has 4 unspecified atom stereocenters. The number of thiol groups is 1. The van der Waals surface area contributed by atoms with E-state index in [4.69, 9.17) is 5.11 Å². The Hall–Kier alpha value is -3.13. The van der Waals surface area contributed by atoms with Gasteiger partial charge in [-0.25, -0.2) is 9.78 Å². The maximum absolute atomic E-state index is 12.8. The predicted octanol–water partition coefficient (Wildman–Crippen LogP) is -2.35. The van der Waals surface area contributed by atoms with E-state index < -0.39 is 54.3 Å². The fourth-order valence-electron chi connectivity index (χ4n) is 3.12. The molecule has 1 fully saturated rings. The summed E-state index contributed by atoms with van der Waals surface area (Å²) in [6.07, 6.45) is 3.34. The fraction of sp³-hybridized carbons (Fsp3) is 0.556. The fourth-order valence-corrected chi connectivity index (χ4v) is 3.38. The topological polar surface area (TPSA) is 203 Å². The van der Waals surface area contributed by atoms with Crippen molar-refractivity contribution >= 4 is 42.3 Å². The molecular formula is C18H26N6O7S. The van der Waals surface area contributed by atoms with Crippen LogP contribution in [0.15, 0.2) is 12.5 Å². The quantitative estimate of drug-likeness (QED) is 0.154. The first-order valence-electron chi connectivity index (χ1n) is 9.88. The third kappa shape index (κ3) is 7.53. The molecule has 7 N–H and O–H groups in total. The van der Waals surface area contributed by atoms with Crippen LogP contribution in [-0.2, 0) is 30.4 Å². The van der Waals surface area contributed by atoms with Crippen molar-refractivity contribution in [2.45, 2.75) is 49.9 Å². The van der Waals surface area contributed by atoms with Crippen LogP contribution < -0.4 is 21.3 Å². The number of nitrogens with zero attached hydrogens (tertiary/aromatic N) is 1. The zero-order chi connectivity index (χ0) is 23.7. The summed E-state index contributed by atoms with van der Waals surface area (Å²) in [5.74, 6) is -4.94. The molecule has 1 aliphatic rings. The zero-order valence-electron chi connectivity index (χ0n) is 17.0. The SMILES string of the molecule is O=C(O)CC(NC(=O)C(Cc1cnc[nH]1)NC(=O)C(CS)NC(=O)C1CCCN1)C(=O)O. The highest BCUT2D eigenvalue weighted by Crippen LogP contribution is 2.06. The van der Waals surface area contributed by atoms with Crippen molar-refractivity contribution in [3.63, 3.8) is 0 Å². The van der Waals surface area contributed by atoms with Gasteiger partial charge in [-0.3, -0.25) is 19.2 Å². The Morgan fingerprint density at radius 1 is 1.09 bits per heavy atom. The molecule has 176 valence electrons. The van der Waals surface area contributed by atoms with Gasteiger partial charge in [0.1, 0.15) is 18.1 Å². The zero-order valence-corrected chi connectivity index (χ0v) is 17.9. The summed E-state index contributed by atoms with van der Waals surface area (Å²) in [6.45, 7) is 0.698. The maximum Gasteiger partial charge on any atom is 0.326 e. The molecule has 2 rings (SSSR count). The number of aromatic nitrogens is 2. The van der Waals surface area contributed by atoms with Crippen LogP contribution in [0, 0.1) is 0 Å². The molecule has 32 heavy (non-hydrogen) atoms. The lowest BCUT2D eigenvalue weighted by Gasteiger charge is -2.24. The van der Waals surface area contributed by atoms with Crippen LogP contribution in [0.1, 0.15) is 25.0 Å². The Morgan fingerprint density at radius 3 is 2.31 bits per heavy atom. The summed E-state index contributed by atoms with van der Waals surface area (Å²) < 4.78 is 0. The summed E-state index contributed by atoms with van der Waals surface area (Å²) in [5, 5.41) is 28.2. The van der Waals surface area contributed by atoms with Crippen molar-refractivity contribution in [3.05, 3.63) is 18.2 Å². The minimum absolute atomic E-state index is 0.0422. The number of carbonyl (C=O) groups is 5. The number of hydrogen-bond donors (Lipinski definition) is 8. The van der Waals surface area contributed by atoms with Gasteiger partial charge < -0.3 is 36.5 Å². The molecule has 4 atom stereocenters. The van der Waals surface area contributed by atoms with E-state index in [0.717, 1.165) is 6.42 Å². The van der Waals surface area contributed by atoms with Crippen LogP contribution in [-0.4, -0.2) is 86.3 Å². The highest BCUT2D eigenvalue weighted by atomic mass is 32.1. The van der Waals surface area contributed by atoms with Gasteiger partial charge in [0, 0.05) is 24.1 Å². The van der Waals surface area contributed by atoms with Gasteiger partial charge in [0.05, 0.1) is 18.8 Å². The lowest BCUT2D eigenvalue weighted by molar-refractivity contribution is -0.147. The number of imidazole rings is 1. The molecule has 1 aromatic heterocycles. The third-order valence-electron chi connectivity index (χ3n) is 4.80. The van der Waals surface area contributed by atoms with Gasteiger partial charge in [-0.1, -0.05) is 0 Å². The molecule has 2 heterocycles. The molecular weight excluding hydrogens is 444 g/mol. The minimum Gasteiger partial charge on any atom is -0.481 e. The smallest absolute Gasteiger partial charge is 0.326 e. The van der Waals surface area contributed by atoms with Gasteiger partial charge in [-0.05, 0) is 19.4 Å². The summed E-state index contributed by atoms with van der Waals surface area (Å²) in [5.41, 5.74) is 0.470. The highest BCUT2D eigenvalue weighted by Gasteiger charge is 2.32. The van der Waals surface area contributed by atoms with Gasteiger partial charge in [0.2, 0.25) is 17.7 Å². The van der Waals surface area contributed by atoms with Crippen molar-refractivity contribution in [2.75, 3.05) is 12.3 Å². The number of rotatable bonds is 12. The van der Waals surface area contributed by atoms with E-state index in [2.05, 4.69) is 43.9 Å². The highest BCUT2D eigenvalue weighted by molar-refractivity contribution is 7.80. The standard InChI is InChI=1S/C18H26N6O7S/c25-14(26)5-12(18(30)31)23-16(28)11(4-9-6-19-8-21-9)22-17(29)13(7-32)24-15(27)10-2-1-3-20-10/h6,8,10-13,20,32H,1-5,7H2,(H,19,21)(H,22,29)(H,23,28)(H,24,27)(H,25,26)(H,30,31). The number of carboxylic acids is 2. The average molecular weight is 471 g/mol. The van der Waals surface area contributed by atoms with Gasteiger partial charge >= 0.3 is 11.9 Å². The van der Waals surface area contributed by atoms with Crippen LogP contribution in [0.2, 0.25) is 0 Å². The van der Waals surface area contributed by atoms with Gasteiger partial charge in [-0.2, -0.15) is 12.6 Å². The average Bonchev–Trinajstić information content (AvgIpc) is 3.44. The Kier molecular flexibility index (Phi) is 9.46. The first-order valence-corrected chi connectivity index (χ1v) is 10.5. The lowest BCUT2D eigenvalue weighted by atomic mass is 10.1. The number of amides is 3. The molecule has 0 bridgehead atoms. The van der Waals surface area contributed by atoms with E-state index in [9.17, 15) is 29.1 Å². The summed E-state index contributed by atoms with van der Waals surface area (Å²) in [6, 6.07) is -4.40. The molecule has 13 nitrogen and oxygen atoms in total. The second-order valence-electron chi connectivity index (χ2n) is 7.23. The number of nitrogens with one attached hydrogen (secondary N) is 5. The molecule has 1 aromatic rings. The van der Waals surface area contributed by atoms with E-state index in [1.165, 1.54) is 12.5 Å². The van der Waals surface area contributed by atoms with Crippen LogP contribution in [0.4, 0.5) is 0 Å². The third-order valence-corrected chi connectivity index (χ3v) is 5.16. The first kappa shape index (κ1) is 25.1. The molecule has 0 saturated carbocycles. The largest absolute Gasteiger partial charge is 0.481 e. The summed E-state index contributed by atoms with van der Waals surface area (Å²) in [7, 11) is 0. The van der Waals surface area contributed by atoms with Gasteiger partial charge in [-0.15, -0.1) is 0 Å².